The second-order valence-corrected chi connectivity index (χ2v) is 11.9. The van der Waals surface area contributed by atoms with Crippen LogP contribution in [0.4, 0.5) is 5.82 Å². The van der Waals surface area contributed by atoms with Gasteiger partial charge in [0.05, 0.1) is 31.0 Å². The summed E-state index contributed by atoms with van der Waals surface area (Å²) in [5.74, 6) is 0.499. The van der Waals surface area contributed by atoms with E-state index < -0.39 is 15.6 Å². The molecule has 0 spiro atoms. The van der Waals surface area contributed by atoms with Gasteiger partial charge in [-0.3, -0.25) is 0 Å². The van der Waals surface area contributed by atoms with Gasteiger partial charge < -0.3 is 20.3 Å². The van der Waals surface area contributed by atoms with Crippen LogP contribution in [0.5, 0.6) is 0 Å². The lowest BCUT2D eigenvalue weighted by molar-refractivity contribution is -0.187. The van der Waals surface area contributed by atoms with E-state index in [4.69, 9.17) is 4.74 Å². The van der Waals surface area contributed by atoms with Gasteiger partial charge in [0, 0.05) is 18.2 Å². The van der Waals surface area contributed by atoms with Crippen LogP contribution in [0.1, 0.15) is 58.4 Å². The van der Waals surface area contributed by atoms with E-state index in [1.807, 2.05) is 13.8 Å². The number of nitrogens with one attached hydrogen (secondary N) is 2. The zero-order valence-electron chi connectivity index (χ0n) is 19.1. The van der Waals surface area contributed by atoms with E-state index >= 15 is 0 Å². The molecule has 31 heavy (non-hydrogen) atoms. The third kappa shape index (κ3) is 5.39. The molecule has 3 fully saturated rings. The highest BCUT2D eigenvalue weighted by atomic mass is 32.2. The fourth-order valence-corrected chi connectivity index (χ4v) is 6.43. The van der Waals surface area contributed by atoms with Crippen molar-refractivity contribution in [1.82, 2.24) is 9.71 Å². The molecule has 8 nitrogen and oxygen atoms in total. The Morgan fingerprint density at radius 1 is 1.26 bits per heavy atom. The molecular weight excluding hydrogens is 418 g/mol. The summed E-state index contributed by atoms with van der Waals surface area (Å²) in [7, 11) is -3.92. The summed E-state index contributed by atoms with van der Waals surface area (Å²) in [4.78, 5) is 4.44. The van der Waals surface area contributed by atoms with Crippen LogP contribution in [0.15, 0.2) is 17.2 Å². The Hall–Kier alpha value is -1.26. The second kappa shape index (κ2) is 8.94. The molecule has 176 valence electrons. The Balaban J connectivity index is 1.79. The van der Waals surface area contributed by atoms with E-state index in [0.29, 0.717) is 19.6 Å². The van der Waals surface area contributed by atoms with Crippen molar-refractivity contribution in [3.63, 3.8) is 0 Å². The summed E-state index contributed by atoms with van der Waals surface area (Å²) in [5.41, 5.74) is -0.711. The first-order valence-electron chi connectivity index (χ1n) is 11.1. The van der Waals surface area contributed by atoms with Crippen LogP contribution in [-0.4, -0.2) is 61.1 Å². The minimum atomic E-state index is -3.92. The van der Waals surface area contributed by atoms with Gasteiger partial charge in [0.25, 0.3) is 0 Å². The molecule has 3 heterocycles. The predicted molar refractivity (Wildman–Crippen MR) is 119 cm³/mol. The first kappa shape index (κ1) is 24.4. The number of fused-ring (bicyclic) bond motifs is 3. The number of aryl methyl sites for hydroxylation is 1. The molecule has 0 amide bonds. The molecule has 9 heteroatoms. The number of rotatable bonds is 10. The van der Waals surface area contributed by atoms with Crippen molar-refractivity contribution in [3.05, 3.63) is 17.8 Å². The Bertz CT molecular complexity index is 865. The molecule has 4 rings (SSSR count). The van der Waals surface area contributed by atoms with E-state index in [1.54, 1.807) is 26.1 Å². The molecule has 0 aromatic carbocycles. The SMILES string of the molecule is Cc1cnc(NCC23CCC(CO)(CC2)CO3)c(S(=O)(=O)NC(C)(CO)CC(C)C)c1. The Kier molecular flexibility index (Phi) is 7.03. The van der Waals surface area contributed by atoms with Gasteiger partial charge in [-0.2, -0.15) is 0 Å². The molecule has 1 aliphatic carbocycles. The average Bonchev–Trinajstić information content (AvgIpc) is 2.73. The lowest BCUT2D eigenvalue weighted by Crippen LogP contribution is -2.55. The lowest BCUT2D eigenvalue weighted by atomic mass is 9.66. The molecule has 3 aliphatic rings. The number of aromatic nitrogens is 1. The Labute approximate surface area is 185 Å². The van der Waals surface area contributed by atoms with E-state index in [9.17, 15) is 18.6 Å². The van der Waals surface area contributed by atoms with Crippen molar-refractivity contribution in [2.75, 3.05) is 31.7 Å². The van der Waals surface area contributed by atoms with Crippen LogP contribution in [0.2, 0.25) is 0 Å². The summed E-state index contributed by atoms with van der Waals surface area (Å²) < 4.78 is 35.4. The molecule has 2 bridgehead atoms. The van der Waals surface area contributed by atoms with Crippen LogP contribution in [0.25, 0.3) is 0 Å². The van der Waals surface area contributed by atoms with Crippen molar-refractivity contribution in [2.45, 2.75) is 75.8 Å². The molecule has 1 atom stereocenters. The third-order valence-electron chi connectivity index (χ3n) is 6.69. The minimum absolute atomic E-state index is 0.0728. The van der Waals surface area contributed by atoms with Crippen molar-refractivity contribution < 1.29 is 23.4 Å². The molecule has 0 radical (unpaired) electrons. The monoisotopic (exact) mass is 455 g/mol. The maximum atomic E-state index is 13.3. The predicted octanol–water partition coefficient (Wildman–Crippen LogP) is 2.20. The number of hydrogen-bond acceptors (Lipinski definition) is 7. The van der Waals surface area contributed by atoms with Crippen LogP contribution < -0.4 is 10.0 Å². The van der Waals surface area contributed by atoms with Gasteiger partial charge in [0.1, 0.15) is 10.7 Å². The number of aliphatic hydroxyl groups is 2. The van der Waals surface area contributed by atoms with Crippen molar-refractivity contribution in [2.24, 2.45) is 11.3 Å². The average molecular weight is 456 g/mol. The number of anilines is 1. The Morgan fingerprint density at radius 2 is 1.94 bits per heavy atom. The first-order chi connectivity index (χ1) is 14.5. The molecule has 1 saturated carbocycles. The largest absolute Gasteiger partial charge is 0.396 e. The highest BCUT2D eigenvalue weighted by molar-refractivity contribution is 7.89. The summed E-state index contributed by atoms with van der Waals surface area (Å²) in [5, 5.41) is 22.8. The highest BCUT2D eigenvalue weighted by Crippen LogP contribution is 2.48. The van der Waals surface area contributed by atoms with Crippen molar-refractivity contribution >= 4 is 15.8 Å². The number of nitrogens with zero attached hydrogens (tertiary/aromatic N) is 1. The van der Waals surface area contributed by atoms with Gasteiger partial charge in [-0.1, -0.05) is 13.8 Å². The standard InChI is InChI=1S/C22H37N3O5S/c1-16(2)10-20(4,13-26)25-31(28,29)18-9-17(3)11-23-19(18)24-12-22-7-5-21(14-27,6-8-22)15-30-22/h9,11,16,25-27H,5-8,10,12-15H2,1-4H3,(H,23,24). The summed E-state index contributed by atoms with van der Waals surface area (Å²) in [6.45, 7) is 8.32. The van der Waals surface area contributed by atoms with Crippen LogP contribution in [0.3, 0.4) is 0 Å². The zero-order valence-corrected chi connectivity index (χ0v) is 19.9. The van der Waals surface area contributed by atoms with Crippen LogP contribution in [-0.2, 0) is 14.8 Å². The van der Waals surface area contributed by atoms with Gasteiger partial charge in [-0.15, -0.1) is 0 Å². The topological polar surface area (TPSA) is 121 Å². The maximum Gasteiger partial charge on any atom is 0.244 e. The van der Waals surface area contributed by atoms with Crippen LogP contribution >= 0.6 is 0 Å². The molecule has 2 saturated heterocycles. The molecule has 4 N–H and O–H groups in total. The summed E-state index contributed by atoms with van der Waals surface area (Å²) in [6, 6.07) is 1.60. The fourth-order valence-electron chi connectivity index (χ4n) is 4.81. The number of aliphatic hydroxyl groups excluding tert-OH is 2. The Morgan fingerprint density at radius 3 is 2.45 bits per heavy atom. The van der Waals surface area contributed by atoms with E-state index in [2.05, 4.69) is 15.0 Å². The molecule has 1 unspecified atom stereocenters. The van der Waals surface area contributed by atoms with Gasteiger partial charge in [0.2, 0.25) is 10.0 Å². The smallest absolute Gasteiger partial charge is 0.244 e. The third-order valence-corrected chi connectivity index (χ3v) is 8.34. The molecular formula is C22H37N3O5S. The number of sulfonamides is 1. The van der Waals surface area contributed by atoms with E-state index in [-0.39, 0.29) is 40.9 Å². The van der Waals surface area contributed by atoms with Crippen LogP contribution in [0, 0.1) is 18.3 Å². The summed E-state index contributed by atoms with van der Waals surface area (Å²) in [6.07, 6.45) is 5.60. The first-order valence-corrected chi connectivity index (χ1v) is 12.5. The maximum absolute atomic E-state index is 13.3. The van der Waals surface area contributed by atoms with E-state index in [0.717, 1.165) is 31.2 Å². The number of hydrogen-bond donors (Lipinski definition) is 4. The fraction of sp³-hybridized carbons (Fsp3) is 0.773. The molecule has 2 aliphatic heterocycles. The quantitative estimate of drug-likeness (QED) is 0.427. The van der Waals surface area contributed by atoms with Gasteiger partial charge in [-0.05, 0) is 63.5 Å². The van der Waals surface area contributed by atoms with Crippen molar-refractivity contribution in [1.29, 1.82) is 0 Å². The minimum Gasteiger partial charge on any atom is -0.396 e. The number of ether oxygens (including phenoxy) is 1. The van der Waals surface area contributed by atoms with Gasteiger partial charge >= 0.3 is 0 Å². The lowest BCUT2D eigenvalue weighted by Gasteiger charge is -2.52. The normalized spacial score (nSPS) is 28.0. The number of pyridine rings is 1. The summed E-state index contributed by atoms with van der Waals surface area (Å²) >= 11 is 0. The highest BCUT2D eigenvalue weighted by Gasteiger charge is 2.49. The second-order valence-electron chi connectivity index (χ2n) is 10.3. The molecule has 1 aromatic heterocycles. The zero-order chi connectivity index (χ0) is 22.9. The van der Waals surface area contributed by atoms with Gasteiger partial charge in [0.15, 0.2) is 0 Å². The molecule has 1 aromatic rings. The van der Waals surface area contributed by atoms with Gasteiger partial charge in [-0.25, -0.2) is 18.1 Å². The van der Waals surface area contributed by atoms with E-state index in [1.165, 1.54) is 0 Å². The van der Waals surface area contributed by atoms with Crippen molar-refractivity contribution in [3.8, 4) is 0 Å².